The Kier molecular flexibility index (Phi) is 7.48. The van der Waals surface area contributed by atoms with Gasteiger partial charge in [0.05, 0.1) is 35.5 Å². The highest BCUT2D eigenvalue weighted by atomic mass is 32.1. The van der Waals surface area contributed by atoms with Crippen LogP contribution >= 0.6 is 11.3 Å². The number of rotatable bonds is 8. The molecule has 0 unspecified atom stereocenters. The van der Waals surface area contributed by atoms with Gasteiger partial charge in [-0.05, 0) is 44.5 Å². The first-order chi connectivity index (χ1) is 14.6. The van der Waals surface area contributed by atoms with E-state index in [1.807, 2.05) is 0 Å². The van der Waals surface area contributed by atoms with E-state index in [0.717, 1.165) is 29.5 Å². The highest BCUT2D eigenvalue weighted by molar-refractivity contribution is 7.18. The van der Waals surface area contributed by atoms with Gasteiger partial charge in [0.15, 0.2) is 0 Å². The van der Waals surface area contributed by atoms with Crippen molar-refractivity contribution in [1.29, 1.82) is 0 Å². The van der Waals surface area contributed by atoms with Crippen molar-refractivity contribution in [2.24, 2.45) is 0 Å². The van der Waals surface area contributed by atoms with Crippen LogP contribution in [0.2, 0.25) is 0 Å². The molecule has 11 heteroatoms. The zero-order valence-corrected chi connectivity index (χ0v) is 17.6. The molecule has 164 valence electrons. The van der Waals surface area contributed by atoms with Crippen molar-refractivity contribution in [3.63, 3.8) is 0 Å². The molecule has 0 aliphatic carbocycles. The number of amides is 1. The van der Waals surface area contributed by atoms with Crippen molar-refractivity contribution in [3.05, 3.63) is 50.9 Å². The molecule has 1 amide bonds. The van der Waals surface area contributed by atoms with E-state index in [9.17, 15) is 29.1 Å². The van der Waals surface area contributed by atoms with Gasteiger partial charge in [-0.2, -0.15) is 0 Å². The molecule has 1 aromatic heterocycles. The molecule has 0 radical (unpaired) electrons. The van der Waals surface area contributed by atoms with E-state index in [1.54, 1.807) is 13.8 Å². The summed E-state index contributed by atoms with van der Waals surface area (Å²) in [5, 5.41) is 20.8. The van der Waals surface area contributed by atoms with Crippen LogP contribution in [0.25, 0.3) is 0 Å². The summed E-state index contributed by atoms with van der Waals surface area (Å²) >= 11 is 0.785. The van der Waals surface area contributed by atoms with Crippen molar-refractivity contribution in [2.75, 3.05) is 18.5 Å². The van der Waals surface area contributed by atoms with Crippen molar-refractivity contribution in [3.8, 4) is 0 Å². The lowest BCUT2D eigenvalue weighted by Gasteiger charge is -2.09. The average molecular weight is 449 g/mol. The molecule has 31 heavy (non-hydrogen) atoms. The van der Waals surface area contributed by atoms with Crippen LogP contribution in [0.4, 0.5) is 5.00 Å². The summed E-state index contributed by atoms with van der Waals surface area (Å²) in [6.07, 6.45) is 0. The molecule has 0 aliphatic rings. The van der Waals surface area contributed by atoms with Crippen LogP contribution in [0, 0.1) is 6.92 Å². The Morgan fingerprint density at radius 1 is 0.935 bits per heavy atom. The summed E-state index contributed by atoms with van der Waals surface area (Å²) in [5.74, 6) is -5.23. The first-order valence-corrected chi connectivity index (χ1v) is 9.83. The molecule has 2 rings (SSSR count). The topological polar surface area (TPSA) is 156 Å². The monoisotopic (exact) mass is 449 g/mol. The van der Waals surface area contributed by atoms with E-state index >= 15 is 0 Å². The first kappa shape index (κ1) is 23.5. The highest BCUT2D eigenvalue weighted by Crippen LogP contribution is 2.35. The summed E-state index contributed by atoms with van der Waals surface area (Å²) < 4.78 is 9.96. The zero-order valence-electron chi connectivity index (χ0n) is 16.8. The summed E-state index contributed by atoms with van der Waals surface area (Å²) in [4.78, 5) is 60.1. The largest absolute Gasteiger partial charge is 0.478 e. The maximum absolute atomic E-state index is 12.8. The van der Waals surface area contributed by atoms with Gasteiger partial charge in [0.25, 0.3) is 5.91 Å². The van der Waals surface area contributed by atoms with Gasteiger partial charge >= 0.3 is 23.9 Å². The Morgan fingerprint density at radius 2 is 1.55 bits per heavy atom. The summed E-state index contributed by atoms with van der Waals surface area (Å²) in [6.45, 7) is 4.85. The summed E-state index contributed by atoms with van der Waals surface area (Å²) in [5.41, 5.74) is -0.970. The lowest BCUT2D eigenvalue weighted by atomic mass is 10.0. The fourth-order valence-electron chi connectivity index (χ4n) is 2.66. The second kappa shape index (κ2) is 9.85. The van der Waals surface area contributed by atoms with Crippen molar-refractivity contribution < 1.29 is 43.7 Å². The molecule has 10 nitrogen and oxygen atoms in total. The molecule has 0 saturated heterocycles. The molecule has 0 fully saturated rings. The van der Waals surface area contributed by atoms with Gasteiger partial charge in [-0.1, -0.05) is 0 Å². The molecule has 1 heterocycles. The number of ether oxygens (including phenoxy) is 2. The Balaban J connectivity index is 2.52. The smallest absolute Gasteiger partial charge is 0.348 e. The van der Waals surface area contributed by atoms with Gasteiger partial charge in [0, 0.05) is 0 Å². The molecule has 0 spiro atoms. The molecule has 3 N–H and O–H groups in total. The van der Waals surface area contributed by atoms with Crippen LogP contribution in [0.15, 0.2) is 18.2 Å². The quantitative estimate of drug-likeness (QED) is 0.515. The van der Waals surface area contributed by atoms with E-state index in [2.05, 4.69) is 5.32 Å². The maximum Gasteiger partial charge on any atom is 0.348 e. The van der Waals surface area contributed by atoms with E-state index in [-0.39, 0.29) is 45.3 Å². The van der Waals surface area contributed by atoms with Gasteiger partial charge in [0.1, 0.15) is 9.88 Å². The highest BCUT2D eigenvalue weighted by Gasteiger charge is 2.28. The van der Waals surface area contributed by atoms with E-state index in [1.165, 1.54) is 6.92 Å². The lowest BCUT2D eigenvalue weighted by Crippen LogP contribution is -2.18. The molecule has 1 aromatic carbocycles. The van der Waals surface area contributed by atoms with Gasteiger partial charge in [-0.25, -0.2) is 19.2 Å². The second-order valence-corrected chi connectivity index (χ2v) is 7.05. The molecule has 0 saturated carbocycles. The molecule has 0 bridgehead atoms. The third kappa shape index (κ3) is 5.07. The van der Waals surface area contributed by atoms with Crippen LogP contribution in [0.3, 0.4) is 0 Å². The summed E-state index contributed by atoms with van der Waals surface area (Å²) in [7, 11) is 0. The number of anilines is 1. The Hall–Kier alpha value is -3.73. The molecule has 0 atom stereocenters. The van der Waals surface area contributed by atoms with Crippen molar-refractivity contribution >= 4 is 46.1 Å². The minimum atomic E-state index is -1.51. The normalized spacial score (nSPS) is 10.3. The second-order valence-electron chi connectivity index (χ2n) is 6.03. The fraction of sp³-hybridized carbons (Fsp3) is 0.250. The minimum Gasteiger partial charge on any atom is -0.478 e. The predicted molar refractivity (Wildman–Crippen MR) is 109 cm³/mol. The number of nitrogens with one attached hydrogen (secondary N) is 1. The van der Waals surface area contributed by atoms with Crippen molar-refractivity contribution in [1.82, 2.24) is 0 Å². The molecule has 0 aliphatic heterocycles. The standard InChI is InChI=1S/C20H19NO9S/c1-4-29-19(27)13-9(3)14(20(28)30-5-2)31-16(13)21-15(22)11-7-6-10(17(23)24)8-12(11)18(25)26/h6-8H,4-5H2,1-3H3,(H,21,22)(H,23,24)(H,25,26). The van der Waals surface area contributed by atoms with Gasteiger partial charge in [0.2, 0.25) is 0 Å². The van der Waals surface area contributed by atoms with Gasteiger partial charge in [-0.15, -0.1) is 11.3 Å². The van der Waals surface area contributed by atoms with Crippen LogP contribution in [-0.4, -0.2) is 53.2 Å². The van der Waals surface area contributed by atoms with E-state index in [0.29, 0.717) is 0 Å². The number of carboxylic acids is 2. The number of aromatic carboxylic acids is 2. The average Bonchev–Trinajstić information content (AvgIpc) is 3.03. The molecular weight excluding hydrogens is 430 g/mol. The number of thiophene rings is 1. The van der Waals surface area contributed by atoms with Crippen LogP contribution in [-0.2, 0) is 9.47 Å². The third-order valence-electron chi connectivity index (χ3n) is 4.06. The van der Waals surface area contributed by atoms with E-state index < -0.39 is 35.3 Å². The van der Waals surface area contributed by atoms with E-state index in [4.69, 9.17) is 14.6 Å². The van der Waals surface area contributed by atoms with Gasteiger partial charge < -0.3 is 25.0 Å². The van der Waals surface area contributed by atoms with Crippen molar-refractivity contribution in [2.45, 2.75) is 20.8 Å². The van der Waals surface area contributed by atoms with Crippen LogP contribution in [0.1, 0.15) is 70.5 Å². The lowest BCUT2D eigenvalue weighted by molar-refractivity contribution is 0.0526. The number of benzene rings is 1. The number of hydrogen-bond donors (Lipinski definition) is 3. The Morgan fingerprint density at radius 3 is 2.10 bits per heavy atom. The number of esters is 2. The molecular formula is C20H19NO9S. The van der Waals surface area contributed by atoms with Crippen LogP contribution in [0.5, 0.6) is 0 Å². The SMILES string of the molecule is CCOC(=O)c1sc(NC(=O)c2ccc(C(=O)O)cc2C(=O)O)c(C(=O)OCC)c1C. The van der Waals surface area contributed by atoms with Gasteiger partial charge in [-0.3, -0.25) is 4.79 Å². The zero-order chi connectivity index (χ0) is 23.3. The van der Waals surface area contributed by atoms with Crippen LogP contribution < -0.4 is 5.32 Å². The fourth-order valence-corrected chi connectivity index (χ4v) is 3.75. The Bertz CT molecular complexity index is 1070. The number of hydrogen-bond acceptors (Lipinski definition) is 8. The Labute approximate surface area is 180 Å². The number of carboxylic acid groups (broad SMARTS) is 2. The number of carbonyl (C=O) groups excluding carboxylic acids is 3. The summed E-state index contributed by atoms with van der Waals surface area (Å²) in [6, 6.07) is 2.99. The third-order valence-corrected chi connectivity index (χ3v) is 5.24. The maximum atomic E-state index is 12.8. The molecule has 2 aromatic rings. The predicted octanol–water partition coefficient (Wildman–Crippen LogP) is 3.06. The first-order valence-electron chi connectivity index (χ1n) is 9.01. The minimum absolute atomic E-state index is 0.0253. The number of carbonyl (C=O) groups is 5.